The smallest absolute Gasteiger partial charge is 0.251 e. The summed E-state index contributed by atoms with van der Waals surface area (Å²) in [5.74, 6) is 0.653. The van der Waals surface area contributed by atoms with E-state index in [9.17, 15) is 4.79 Å². The van der Waals surface area contributed by atoms with Crippen LogP contribution in [0.2, 0.25) is 0 Å². The van der Waals surface area contributed by atoms with Crippen molar-refractivity contribution >= 4 is 5.91 Å². The number of rotatable bonds is 6. The third-order valence-electron chi connectivity index (χ3n) is 4.23. The van der Waals surface area contributed by atoms with Crippen molar-refractivity contribution in [3.63, 3.8) is 0 Å². The molecule has 6 heteroatoms. The molecule has 1 unspecified atom stereocenters. The van der Waals surface area contributed by atoms with Crippen molar-refractivity contribution in [2.24, 2.45) is 0 Å². The SMILES string of the molecule is COc1ccc(C)cc1C(C)NC(=O)c1ccc(Cn2cncn2)cc1. The first-order chi connectivity index (χ1) is 12.6. The number of ether oxygens (including phenoxy) is 1. The van der Waals surface area contributed by atoms with Gasteiger partial charge in [-0.05, 0) is 37.6 Å². The molecule has 0 bridgehead atoms. The number of nitrogens with one attached hydrogen (secondary N) is 1. The fourth-order valence-corrected chi connectivity index (χ4v) is 2.81. The molecule has 3 rings (SSSR count). The average Bonchev–Trinajstić information content (AvgIpc) is 3.15. The summed E-state index contributed by atoms with van der Waals surface area (Å²) in [5, 5.41) is 7.11. The summed E-state index contributed by atoms with van der Waals surface area (Å²) in [5.41, 5.74) is 3.76. The maximum absolute atomic E-state index is 12.6. The minimum atomic E-state index is -0.160. The molecule has 0 aliphatic carbocycles. The van der Waals surface area contributed by atoms with E-state index >= 15 is 0 Å². The fraction of sp³-hybridized carbons (Fsp3) is 0.250. The average molecular weight is 350 g/mol. The number of carbonyl (C=O) groups excluding carboxylic acids is 1. The van der Waals surface area contributed by atoms with Gasteiger partial charge in [0.1, 0.15) is 18.4 Å². The standard InChI is InChI=1S/C20H22N4O2/c1-14-4-9-19(26-3)18(10-14)15(2)23-20(25)17-7-5-16(6-8-17)11-24-13-21-12-22-24/h4-10,12-13,15H,11H2,1-3H3,(H,23,25). The molecule has 1 amide bonds. The molecule has 1 aromatic heterocycles. The van der Waals surface area contributed by atoms with Crippen LogP contribution in [-0.4, -0.2) is 27.8 Å². The zero-order valence-electron chi connectivity index (χ0n) is 15.1. The molecular weight excluding hydrogens is 328 g/mol. The van der Waals surface area contributed by atoms with Crippen molar-refractivity contribution in [1.82, 2.24) is 20.1 Å². The van der Waals surface area contributed by atoms with Gasteiger partial charge in [0.15, 0.2) is 0 Å². The van der Waals surface area contributed by atoms with Crippen LogP contribution in [0.15, 0.2) is 55.1 Å². The Labute approximate surface area is 152 Å². The second-order valence-corrected chi connectivity index (χ2v) is 6.23. The number of methoxy groups -OCH3 is 1. The van der Waals surface area contributed by atoms with E-state index in [1.165, 1.54) is 6.33 Å². The van der Waals surface area contributed by atoms with E-state index in [4.69, 9.17) is 4.74 Å². The molecule has 0 radical (unpaired) electrons. The number of amides is 1. The first-order valence-electron chi connectivity index (χ1n) is 8.43. The van der Waals surface area contributed by atoms with E-state index in [0.29, 0.717) is 12.1 Å². The number of aromatic nitrogens is 3. The molecule has 0 aliphatic heterocycles. The highest BCUT2D eigenvalue weighted by Crippen LogP contribution is 2.26. The summed E-state index contributed by atoms with van der Waals surface area (Å²) in [6.07, 6.45) is 3.17. The maximum atomic E-state index is 12.6. The first-order valence-corrected chi connectivity index (χ1v) is 8.43. The Morgan fingerprint density at radius 3 is 2.65 bits per heavy atom. The lowest BCUT2D eigenvalue weighted by atomic mass is 10.0. The number of aryl methyl sites for hydroxylation is 1. The summed E-state index contributed by atoms with van der Waals surface area (Å²) >= 11 is 0. The number of carbonyl (C=O) groups is 1. The van der Waals surface area contributed by atoms with Crippen LogP contribution < -0.4 is 10.1 Å². The Morgan fingerprint density at radius 2 is 2.00 bits per heavy atom. The van der Waals surface area contributed by atoms with E-state index in [0.717, 1.165) is 22.4 Å². The van der Waals surface area contributed by atoms with Crippen LogP contribution in [0.5, 0.6) is 5.75 Å². The summed E-state index contributed by atoms with van der Waals surface area (Å²) in [6.45, 7) is 4.60. The van der Waals surface area contributed by atoms with Crippen molar-refractivity contribution in [3.8, 4) is 5.75 Å². The number of benzene rings is 2. The molecular formula is C20H22N4O2. The highest BCUT2D eigenvalue weighted by atomic mass is 16.5. The van der Waals surface area contributed by atoms with Crippen LogP contribution in [0.3, 0.4) is 0 Å². The van der Waals surface area contributed by atoms with Gasteiger partial charge in [0.05, 0.1) is 19.7 Å². The predicted octanol–water partition coefficient (Wildman–Crippen LogP) is 3.13. The largest absolute Gasteiger partial charge is 0.496 e. The lowest BCUT2D eigenvalue weighted by Crippen LogP contribution is -2.27. The molecule has 1 heterocycles. The number of hydrogen-bond acceptors (Lipinski definition) is 4. The molecule has 26 heavy (non-hydrogen) atoms. The van der Waals surface area contributed by atoms with Gasteiger partial charge in [-0.2, -0.15) is 5.10 Å². The molecule has 134 valence electrons. The lowest BCUT2D eigenvalue weighted by molar-refractivity contribution is 0.0939. The summed E-state index contributed by atoms with van der Waals surface area (Å²) in [7, 11) is 1.64. The minimum absolute atomic E-state index is 0.117. The normalized spacial score (nSPS) is 11.8. The zero-order chi connectivity index (χ0) is 18.5. The quantitative estimate of drug-likeness (QED) is 0.741. The van der Waals surface area contributed by atoms with Crippen molar-refractivity contribution in [3.05, 3.63) is 77.4 Å². The Hall–Kier alpha value is -3.15. The van der Waals surface area contributed by atoms with Gasteiger partial charge < -0.3 is 10.1 Å². The second kappa shape index (κ2) is 7.82. The van der Waals surface area contributed by atoms with E-state index in [1.807, 2.05) is 56.3 Å². The van der Waals surface area contributed by atoms with Gasteiger partial charge in [-0.15, -0.1) is 0 Å². The summed E-state index contributed by atoms with van der Waals surface area (Å²) < 4.78 is 7.15. The van der Waals surface area contributed by atoms with Gasteiger partial charge in [-0.1, -0.05) is 29.8 Å². The Morgan fingerprint density at radius 1 is 1.23 bits per heavy atom. The molecule has 0 spiro atoms. The third kappa shape index (κ3) is 4.08. The summed E-state index contributed by atoms with van der Waals surface area (Å²) in [4.78, 5) is 16.5. The van der Waals surface area contributed by atoms with Crippen molar-refractivity contribution < 1.29 is 9.53 Å². The van der Waals surface area contributed by atoms with Crippen LogP contribution in [-0.2, 0) is 6.54 Å². The molecule has 3 aromatic rings. The molecule has 0 fully saturated rings. The molecule has 6 nitrogen and oxygen atoms in total. The van der Waals surface area contributed by atoms with Crippen molar-refractivity contribution in [2.45, 2.75) is 26.4 Å². The zero-order valence-corrected chi connectivity index (χ0v) is 15.1. The van der Waals surface area contributed by atoms with Crippen LogP contribution in [0.1, 0.15) is 40.0 Å². The topological polar surface area (TPSA) is 69.0 Å². The van der Waals surface area contributed by atoms with Gasteiger partial charge in [-0.3, -0.25) is 4.79 Å². The fourth-order valence-electron chi connectivity index (χ4n) is 2.81. The highest BCUT2D eigenvalue weighted by Gasteiger charge is 2.15. The van der Waals surface area contributed by atoms with Gasteiger partial charge in [0.2, 0.25) is 0 Å². The number of nitrogens with zero attached hydrogens (tertiary/aromatic N) is 3. The monoisotopic (exact) mass is 350 g/mol. The lowest BCUT2D eigenvalue weighted by Gasteiger charge is -2.18. The molecule has 0 saturated heterocycles. The van der Waals surface area contributed by atoms with Crippen LogP contribution >= 0.6 is 0 Å². The van der Waals surface area contributed by atoms with Crippen molar-refractivity contribution in [1.29, 1.82) is 0 Å². The van der Waals surface area contributed by atoms with Crippen molar-refractivity contribution in [2.75, 3.05) is 7.11 Å². The van der Waals surface area contributed by atoms with E-state index in [1.54, 1.807) is 18.1 Å². The maximum Gasteiger partial charge on any atom is 0.251 e. The van der Waals surface area contributed by atoms with E-state index < -0.39 is 0 Å². The van der Waals surface area contributed by atoms with Gasteiger partial charge >= 0.3 is 0 Å². The predicted molar refractivity (Wildman–Crippen MR) is 99.2 cm³/mol. The van der Waals surface area contributed by atoms with Gasteiger partial charge in [0, 0.05) is 11.1 Å². The highest BCUT2D eigenvalue weighted by molar-refractivity contribution is 5.94. The Kier molecular flexibility index (Phi) is 5.31. The third-order valence-corrected chi connectivity index (χ3v) is 4.23. The Balaban J connectivity index is 1.68. The summed E-state index contributed by atoms with van der Waals surface area (Å²) in [6, 6.07) is 13.3. The van der Waals surface area contributed by atoms with Crippen LogP contribution in [0.4, 0.5) is 0 Å². The minimum Gasteiger partial charge on any atom is -0.496 e. The Bertz CT molecular complexity index is 873. The van der Waals surface area contributed by atoms with Gasteiger partial charge in [-0.25, -0.2) is 9.67 Å². The molecule has 0 aliphatic rings. The molecule has 1 atom stereocenters. The molecule has 2 aromatic carbocycles. The van der Waals surface area contributed by atoms with Crippen LogP contribution in [0, 0.1) is 6.92 Å². The van der Waals surface area contributed by atoms with Gasteiger partial charge in [0.25, 0.3) is 5.91 Å². The van der Waals surface area contributed by atoms with E-state index in [-0.39, 0.29) is 11.9 Å². The molecule has 0 saturated carbocycles. The molecule has 1 N–H and O–H groups in total. The number of hydrogen-bond donors (Lipinski definition) is 1. The van der Waals surface area contributed by atoms with Crippen LogP contribution in [0.25, 0.3) is 0 Å². The van der Waals surface area contributed by atoms with E-state index in [2.05, 4.69) is 15.4 Å². The first kappa shape index (κ1) is 17.7. The second-order valence-electron chi connectivity index (χ2n) is 6.23.